The van der Waals surface area contributed by atoms with Gasteiger partial charge < -0.3 is 16.2 Å². The van der Waals surface area contributed by atoms with E-state index in [1.54, 1.807) is 34.9 Å². The van der Waals surface area contributed by atoms with E-state index in [0.29, 0.717) is 46.1 Å². The van der Waals surface area contributed by atoms with Crippen LogP contribution in [-0.2, 0) is 6.54 Å². The van der Waals surface area contributed by atoms with Gasteiger partial charge >= 0.3 is 0 Å². The molecular formula is C22H20N4O2. The topological polar surface area (TPSA) is 96.2 Å². The maximum absolute atomic E-state index is 12.8. The smallest absolute Gasteiger partial charge is 0.261 e. The number of fused-ring (bicyclic) bond motifs is 1. The quantitative estimate of drug-likeness (QED) is 0.527. The predicted octanol–water partition coefficient (Wildman–Crippen LogP) is 4.04. The first-order valence-electron chi connectivity index (χ1n) is 8.99. The van der Waals surface area contributed by atoms with Gasteiger partial charge in [0.15, 0.2) is 0 Å². The fraction of sp³-hybridized carbons (Fsp3) is 0.0909. The highest BCUT2D eigenvalue weighted by Gasteiger charge is 2.12. The number of nitrogens with two attached hydrogens (primary N) is 2. The van der Waals surface area contributed by atoms with Gasteiger partial charge in [0, 0.05) is 23.5 Å². The number of hydrogen-bond acceptors (Lipinski definition) is 5. The number of anilines is 2. The molecule has 0 saturated carbocycles. The molecular weight excluding hydrogens is 352 g/mol. The molecule has 0 amide bonds. The first kappa shape index (κ1) is 17.6. The molecule has 6 heteroatoms. The molecule has 0 spiro atoms. The maximum atomic E-state index is 12.8. The van der Waals surface area contributed by atoms with E-state index in [-0.39, 0.29) is 5.56 Å². The summed E-state index contributed by atoms with van der Waals surface area (Å²) in [4.78, 5) is 17.5. The van der Waals surface area contributed by atoms with Gasteiger partial charge in [-0.25, -0.2) is 4.98 Å². The Hall–Kier alpha value is -3.80. The molecule has 0 radical (unpaired) electrons. The predicted molar refractivity (Wildman–Crippen MR) is 112 cm³/mol. The number of benzene rings is 3. The molecule has 0 aliphatic carbocycles. The van der Waals surface area contributed by atoms with Crippen molar-refractivity contribution in [3.8, 4) is 22.9 Å². The minimum absolute atomic E-state index is 0.0790. The lowest BCUT2D eigenvalue weighted by Crippen LogP contribution is -2.22. The second kappa shape index (κ2) is 7.08. The van der Waals surface area contributed by atoms with Gasteiger partial charge in [-0.2, -0.15) is 0 Å². The fourth-order valence-electron chi connectivity index (χ4n) is 3.10. The number of nitrogen functional groups attached to an aromatic ring is 2. The molecule has 0 bridgehead atoms. The van der Waals surface area contributed by atoms with Gasteiger partial charge in [0.2, 0.25) is 0 Å². The Morgan fingerprint density at radius 1 is 0.893 bits per heavy atom. The molecule has 0 atom stereocenters. The highest BCUT2D eigenvalue weighted by molar-refractivity contribution is 5.82. The van der Waals surface area contributed by atoms with E-state index in [1.165, 1.54) is 0 Å². The summed E-state index contributed by atoms with van der Waals surface area (Å²) >= 11 is 0. The van der Waals surface area contributed by atoms with Crippen molar-refractivity contribution in [1.82, 2.24) is 9.55 Å². The average Bonchev–Trinajstić information content (AvgIpc) is 2.70. The van der Waals surface area contributed by atoms with Crippen molar-refractivity contribution in [2.24, 2.45) is 0 Å². The van der Waals surface area contributed by atoms with E-state index in [4.69, 9.17) is 16.2 Å². The molecule has 1 heterocycles. The molecule has 28 heavy (non-hydrogen) atoms. The summed E-state index contributed by atoms with van der Waals surface area (Å²) < 4.78 is 7.49. The highest BCUT2D eigenvalue weighted by Crippen LogP contribution is 2.26. The molecule has 6 nitrogen and oxygen atoms in total. The number of aromatic nitrogens is 2. The van der Waals surface area contributed by atoms with Crippen LogP contribution in [0, 0.1) is 0 Å². The summed E-state index contributed by atoms with van der Waals surface area (Å²) in [7, 11) is 0. The van der Waals surface area contributed by atoms with E-state index in [9.17, 15) is 4.79 Å². The van der Waals surface area contributed by atoms with Gasteiger partial charge in [0.1, 0.15) is 17.3 Å². The molecule has 0 unspecified atom stereocenters. The zero-order valence-electron chi connectivity index (χ0n) is 15.4. The Morgan fingerprint density at radius 2 is 1.50 bits per heavy atom. The SMILES string of the molecule is CCn1c(-c2ccc(Oc3ccc(N)cc3)cc2)nc2cc(N)ccc2c1=O. The number of hydrogen-bond donors (Lipinski definition) is 2. The van der Waals surface area contributed by atoms with Gasteiger partial charge in [0.05, 0.1) is 10.9 Å². The summed E-state index contributed by atoms with van der Waals surface area (Å²) in [6, 6.07) is 19.8. The number of nitrogens with zero attached hydrogens (tertiary/aromatic N) is 2. The van der Waals surface area contributed by atoms with Crippen molar-refractivity contribution < 1.29 is 4.74 Å². The maximum Gasteiger partial charge on any atom is 0.261 e. The minimum atomic E-state index is -0.0790. The van der Waals surface area contributed by atoms with Crippen LogP contribution >= 0.6 is 0 Å². The Labute approximate surface area is 162 Å². The summed E-state index contributed by atoms with van der Waals surface area (Å²) in [6.07, 6.45) is 0. The average molecular weight is 372 g/mol. The second-order valence-electron chi connectivity index (χ2n) is 6.46. The van der Waals surface area contributed by atoms with Crippen LogP contribution in [0.2, 0.25) is 0 Å². The van der Waals surface area contributed by atoms with E-state index < -0.39 is 0 Å². The lowest BCUT2D eigenvalue weighted by molar-refractivity contribution is 0.483. The van der Waals surface area contributed by atoms with Gasteiger partial charge in [0.25, 0.3) is 5.56 Å². The first-order chi connectivity index (χ1) is 13.5. The Bertz CT molecular complexity index is 1200. The third-order valence-electron chi connectivity index (χ3n) is 4.52. The Kier molecular flexibility index (Phi) is 4.45. The van der Waals surface area contributed by atoms with Crippen molar-refractivity contribution in [3.05, 3.63) is 77.1 Å². The van der Waals surface area contributed by atoms with Crippen LogP contribution in [0.5, 0.6) is 11.5 Å². The molecule has 0 aliphatic rings. The minimum Gasteiger partial charge on any atom is -0.457 e. The van der Waals surface area contributed by atoms with Crippen LogP contribution in [-0.4, -0.2) is 9.55 Å². The summed E-state index contributed by atoms with van der Waals surface area (Å²) in [5, 5.41) is 0.558. The molecule has 3 aromatic carbocycles. The van der Waals surface area contributed by atoms with Crippen molar-refractivity contribution in [1.29, 1.82) is 0 Å². The lowest BCUT2D eigenvalue weighted by atomic mass is 10.1. The van der Waals surface area contributed by atoms with Crippen LogP contribution in [0.1, 0.15) is 6.92 Å². The molecule has 1 aromatic heterocycles. The van der Waals surface area contributed by atoms with Crippen LogP contribution < -0.4 is 21.8 Å². The second-order valence-corrected chi connectivity index (χ2v) is 6.46. The first-order valence-corrected chi connectivity index (χ1v) is 8.99. The lowest BCUT2D eigenvalue weighted by Gasteiger charge is -2.13. The molecule has 4 rings (SSSR count). The molecule has 0 aliphatic heterocycles. The van der Waals surface area contributed by atoms with Gasteiger partial charge in [-0.15, -0.1) is 0 Å². The summed E-state index contributed by atoms with van der Waals surface area (Å²) in [5.41, 5.74) is 14.2. The monoisotopic (exact) mass is 372 g/mol. The standard InChI is InChI=1S/C22H20N4O2/c1-2-26-21(25-20-13-16(24)7-12-19(20)22(26)27)14-3-8-17(9-4-14)28-18-10-5-15(23)6-11-18/h3-13H,2,23-24H2,1H3. The Morgan fingerprint density at radius 3 is 2.14 bits per heavy atom. The van der Waals surface area contributed by atoms with E-state index in [1.807, 2.05) is 43.3 Å². The zero-order valence-corrected chi connectivity index (χ0v) is 15.4. The van der Waals surface area contributed by atoms with Crippen molar-refractivity contribution in [2.45, 2.75) is 13.5 Å². The summed E-state index contributed by atoms with van der Waals surface area (Å²) in [5.74, 6) is 1.99. The third-order valence-corrected chi connectivity index (χ3v) is 4.52. The molecule has 4 N–H and O–H groups in total. The largest absolute Gasteiger partial charge is 0.457 e. The molecule has 4 aromatic rings. The van der Waals surface area contributed by atoms with Gasteiger partial charge in [-0.1, -0.05) is 0 Å². The van der Waals surface area contributed by atoms with Crippen molar-refractivity contribution in [2.75, 3.05) is 11.5 Å². The van der Waals surface area contributed by atoms with E-state index >= 15 is 0 Å². The van der Waals surface area contributed by atoms with Crippen LogP contribution in [0.3, 0.4) is 0 Å². The molecule has 140 valence electrons. The Balaban J connectivity index is 1.73. The van der Waals surface area contributed by atoms with E-state index in [0.717, 1.165) is 5.56 Å². The number of ether oxygens (including phenoxy) is 1. The fourth-order valence-corrected chi connectivity index (χ4v) is 3.10. The molecule has 0 fully saturated rings. The number of rotatable bonds is 4. The van der Waals surface area contributed by atoms with Crippen LogP contribution in [0.4, 0.5) is 11.4 Å². The van der Waals surface area contributed by atoms with Crippen LogP contribution in [0.25, 0.3) is 22.3 Å². The van der Waals surface area contributed by atoms with Gasteiger partial charge in [-0.05, 0) is 73.7 Å². The zero-order chi connectivity index (χ0) is 19.7. The van der Waals surface area contributed by atoms with Gasteiger partial charge in [-0.3, -0.25) is 9.36 Å². The van der Waals surface area contributed by atoms with E-state index in [2.05, 4.69) is 4.98 Å². The third kappa shape index (κ3) is 3.27. The van der Waals surface area contributed by atoms with Crippen LogP contribution in [0.15, 0.2) is 71.5 Å². The normalized spacial score (nSPS) is 10.9. The summed E-state index contributed by atoms with van der Waals surface area (Å²) in [6.45, 7) is 2.44. The molecule has 0 saturated heterocycles. The van der Waals surface area contributed by atoms with Crippen molar-refractivity contribution >= 4 is 22.3 Å². The highest BCUT2D eigenvalue weighted by atomic mass is 16.5. The van der Waals surface area contributed by atoms with Crippen molar-refractivity contribution in [3.63, 3.8) is 0 Å².